The van der Waals surface area contributed by atoms with Crippen molar-refractivity contribution in [3.05, 3.63) is 48.3 Å². The predicted octanol–water partition coefficient (Wildman–Crippen LogP) is 2.57. The van der Waals surface area contributed by atoms with Crippen molar-refractivity contribution in [2.24, 2.45) is 5.73 Å². The van der Waals surface area contributed by atoms with Gasteiger partial charge in [0.05, 0.1) is 5.84 Å². The highest BCUT2D eigenvalue weighted by molar-refractivity contribution is 7.99. The molecule has 0 bridgehead atoms. The molecule has 0 amide bonds. The zero-order chi connectivity index (χ0) is 12.1. The molecule has 2 aromatic rings. The molecule has 1 aromatic heterocycles. The lowest BCUT2D eigenvalue weighted by atomic mass is 10.1. The Morgan fingerprint density at radius 1 is 1.41 bits per heavy atom. The molecule has 0 spiro atoms. The highest BCUT2D eigenvalue weighted by atomic mass is 32.2. The van der Waals surface area contributed by atoms with Crippen LogP contribution in [0.2, 0.25) is 0 Å². The highest BCUT2D eigenvalue weighted by Crippen LogP contribution is 2.35. The number of amidine groups is 1. The number of nitrogens with one attached hydrogen (secondary N) is 2. The first kappa shape index (κ1) is 11.7. The number of H-pyrrole nitrogens is 1. The maximum Gasteiger partial charge on any atom is 0.165 e. The van der Waals surface area contributed by atoms with Crippen molar-refractivity contribution in [3.63, 3.8) is 0 Å². The molecule has 2 rings (SSSR count). The minimum atomic E-state index is 0.125. The van der Waals surface area contributed by atoms with E-state index in [1.165, 1.54) is 0 Å². The zero-order valence-electron chi connectivity index (χ0n) is 9.26. The fourth-order valence-corrected chi connectivity index (χ4v) is 2.63. The summed E-state index contributed by atoms with van der Waals surface area (Å²) in [6.45, 7) is 0. The summed E-state index contributed by atoms with van der Waals surface area (Å²) in [5.74, 6) is 0.193. The van der Waals surface area contributed by atoms with Crippen LogP contribution in [0.3, 0.4) is 0 Å². The average Bonchev–Trinajstić information content (AvgIpc) is 2.82. The van der Waals surface area contributed by atoms with E-state index in [-0.39, 0.29) is 11.1 Å². The topological polar surface area (TPSA) is 78.6 Å². The standard InChI is InChI=1S/C12H14N4S/c13-11(14)8-10(9-4-2-1-3-5-9)17-12-15-6-7-16-12/h1-7,10H,8H2,(H3,13,14)(H,15,16). The van der Waals surface area contributed by atoms with Gasteiger partial charge in [-0.25, -0.2) is 4.98 Å². The summed E-state index contributed by atoms with van der Waals surface area (Å²) in [6, 6.07) is 10.1. The average molecular weight is 246 g/mol. The van der Waals surface area contributed by atoms with E-state index in [2.05, 4.69) is 9.97 Å². The second-order valence-electron chi connectivity index (χ2n) is 3.64. The summed E-state index contributed by atoms with van der Waals surface area (Å²) in [6.07, 6.45) is 4.03. The molecule has 1 atom stereocenters. The molecular formula is C12H14N4S. The third kappa shape index (κ3) is 3.35. The van der Waals surface area contributed by atoms with E-state index < -0.39 is 0 Å². The minimum Gasteiger partial charge on any atom is -0.388 e. The number of nitrogens with zero attached hydrogens (tertiary/aromatic N) is 1. The van der Waals surface area contributed by atoms with Gasteiger partial charge in [0.2, 0.25) is 0 Å². The van der Waals surface area contributed by atoms with E-state index >= 15 is 0 Å². The van der Waals surface area contributed by atoms with Crippen molar-refractivity contribution in [2.75, 3.05) is 0 Å². The summed E-state index contributed by atoms with van der Waals surface area (Å²) in [4.78, 5) is 7.24. The Morgan fingerprint density at radius 3 is 2.76 bits per heavy atom. The van der Waals surface area contributed by atoms with Gasteiger partial charge in [-0.05, 0) is 5.56 Å². The second kappa shape index (κ2) is 5.54. The first-order valence-corrected chi connectivity index (χ1v) is 6.17. The largest absolute Gasteiger partial charge is 0.388 e. The summed E-state index contributed by atoms with van der Waals surface area (Å²) >= 11 is 1.59. The molecule has 4 nitrogen and oxygen atoms in total. The molecule has 0 aliphatic rings. The van der Waals surface area contributed by atoms with Gasteiger partial charge in [0.15, 0.2) is 5.16 Å². The van der Waals surface area contributed by atoms with Crippen LogP contribution in [0.4, 0.5) is 0 Å². The van der Waals surface area contributed by atoms with Crippen molar-refractivity contribution >= 4 is 17.6 Å². The van der Waals surface area contributed by atoms with Gasteiger partial charge in [0, 0.05) is 24.1 Å². The molecule has 0 saturated carbocycles. The number of aromatic amines is 1. The van der Waals surface area contributed by atoms with Crippen LogP contribution in [0.25, 0.3) is 0 Å². The van der Waals surface area contributed by atoms with Gasteiger partial charge in [-0.15, -0.1) is 0 Å². The maximum absolute atomic E-state index is 7.44. The monoisotopic (exact) mass is 246 g/mol. The number of hydrogen-bond acceptors (Lipinski definition) is 3. The lowest BCUT2D eigenvalue weighted by molar-refractivity contribution is 0.961. The Balaban J connectivity index is 2.16. The second-order valence-corrected chi connectivity index (χ2v) is 4.83. The van der Waals surface area contributed by atoms with Crippen LogP contribution in [0.5, 0.6) is 0 Å². The van der Waals surface area contributed by atoms with Crippen LogP contribution >= 0.6 is 11.8 Å². The van der Waals surface area contributed by atoms with E-state index in [0.717, 1.165) is 10.7 Å². The molecule has 0 fully saturated rings. The summed E-state index contributed by atoms with van der Waals surface area (Å²) in [7, 11) is 0. The van der Waals surface area contributed by atoms with Crippen LogP contribution in [0.15, 0.2) is 47.9 Å². The predicted molar refractivity (Wildman–Crippen MR) is 70.2 cm³/mol. The van der Waals surface area contributed by atoms with Crippen molar-refractivity contribution in [1.29, 1.82) is 5.41 Å². The minimum absolute atomic E-state index is 0.125. The Hall–Kier alpha value is -1.75. The number of aromatic nitrogens is 2. The Bertz CT molecular complexity index is 467. The van der Waals surface area contributed by atoms with E-state index in [9.17, 15) is 0 Å². The third-order valence-electron chi connectivity index (χ3n) is 2.30. The smallest absolute Gasteiger partial charge is 0.165 e. The zero-order valence-corrected chi connectivity index (χ0v) is 10.1. The molecule has 4 N–H and O–H groups in total. The lowest BCUT2D eigenvalue weighted by Crippen LogP contribution is -2.13. The number of imidazole rings is 1. The van der Waals surface area contributed by atoms with E-state index in [0.29, 0.717) is 6.42 Å². The number of nitrogens with two attached hydrogens (primary N) is 1. The summed E-state index contributed by atoms with van der Waals surface area (Å²) in [5.41, 5.74) is 6.66. The Labute approximate surface area is 104 Å². The van der Waals surface area contributed by atoms with Crippen LogP contribution in [0, 0.1) is 5.41 Å². The summed E-state index contributed by atoms with van der Waals surface area (Å²) < 4.78 is 0. The summed E-state index contributed by atoms with van der Waals surface area (Å²) in [5, 5.41) is 8.41. The number of benzene rings is 1. The van der Waals surface area contributed by atoms with Gasteiger partial charge >= 0.3 is 0 Å². The fraction of sp³-hybridized carbons (Fsp3) is 0.167. The highest BCUT2D eigenvalue weighted by Gasteiger charge is 2.15. The third-order valence-corrected chi connectivity index (χ3v) is 3.47. The van der Waals surface area contributed by atoms with Gasteiger partial charge in [0.25, 0.3) is 0 Å². The van der Waals surface area contributed by atoms with Gasteiger partial charge in [-0.2, -0.15) is 0 Å². The maximum atomic E-state index is 7.44. The number of rotatable bonds is 5. The molecule has 17 heavy (non-hydrogen) atoms. The van der Waals surface area contributed by atoms with Crippen LogP contribution < -0.4 is 5.73 Å². The Kier molecular flexibility index (Phi) is 3.82. The molecule has 0 radical (unpaired) electrons. The van der Waals surface area contributed by atoms with Gasteiger partial charge in [-0.3, -0.25) is 5.41 Å². The van der Waals surface area contributed by atoms with Crippen LogP contribution in [0.1, 0.15) is 17.2 Å². The Morgan fingerprint density at radius 2 is 2.18 bits per heavy atom. The molecule has 0 aliphatic carbocycles. The molecule has 1 aromatic carbocycles. The number of thioether (sulfide) groups is 1. The quantitative estimate of drug-likeness (QED) is 0.431. The molecular weight excluding hydrogens is 232 g/mol. The van der Waals surface area contributed by atoms with E-state index in [1.54, 1.807) is 24.2 Å². The first-order chi connectivity index (χ1) is 8.25. The van der Waals surface area contributed by atoms with Crippen molar-refractivity contribution in [3.8, 4) is 0 Å². The lowest BCUT2D eigenvalue weighted by Gasteiger charge is -2.14. The number of hydrogen-bond donors (Lipinski definition) is 3. The SMILES string of the molecule is N=C(N)CC(Sc1ncc[nH]1)c1ccccc1. The molecule has 88 valence electrons. The van der Waals surface area contributed by atoms with Crippen LogP contribution in [-0.4, -0.2) is 15.8 Å². The molecule has 5 heteroatoms. The molecule has 1 heterocycles. The van der Waals surface area contributed by atoms with Crippen molar-refractivity contribution in [1.82, 2.24) is 9.97 Å². The molecule has 0 saturated heterocycles. The van der Waals surface area contributed by atoms with Crippen molar-refractivity contribution in [2.45, 2.75) is 16.8 Å². The molecule has 1 unspecified atom stereocenters. The first-order valence-electron chi connectivity index (χ1n) is 5.29. The fourth-order valence-electron chi connectivity index (χ4n) is 1.54. The molecule has 0 aliphatic heterocycles. The van der Waals surface area contributed by atoms with Gasteiger partial charge in [0.1, 0.15) is 0 Å². The van der Waals surface area contributed by atoms with Gasteiger partial charge < -0.3 is 10.7 Å². The normalized spacial score (nSPS) is 12.2. The van der Waals surface area contributed by atoms with Gasteiger partial charge in [-0.1, -0.05) is 42.1 Å². The van der Waals surface area contributed by atoms with E-state index in [1.807, 2.05) is 30.3 Å². The van der Waals surface area contributed by atoms with Crippen molar-refractivity contribution < 1.29 is 0 Å². The van der Waals surface area contributed by atoms with E-state index in [4.69, 9.17) is 11.1 Å². The van der Waals surface area contributed by atoms with Crippen LogP contribution in [-0.2, 0) is 0 Å².